The highest BCUT2D eigenvalue weighted by molar-refractivity contribution is 7.90. The molecule has 0 bridgehead atoms. The summed E-state index contributed by atoms with van der Waals surface area (Å²) >= 11 is 0. The number of rotatable bonds is 5. The minimum atomic E-state index is -4.46. The molecule has 0 spiro atoms. The van der Waals surface area contributed by atoms with Crippen LogP contribution in [-0.4, -0.2) is 25.9 Å². The molecule has 0 radical (unpaired) electrons. The molecular formula is C11H14N2O6S2. The monoisotopic (exact) mass is 334 g/mol. The molecule has 10 heteroatoms. The molecule has 1 aliphatic rings. The maximum atomic E-state index is 11.3. The first kappa shape index (κ1) is 17.4. The van der Waals surface area contributed by atoms with Crippen LogP contribution in [0.2, 0.25) is 0 Å². The average Bonchev–Trinajstić information content (AvgIpc) is 2.36. The Morgan fingerprint density at radius 3 is 2.48 bits per heavy atom. The SMILES string of the molecule is C/C(=C\C=C/C1CC=C(N=N)C=C1S(=O)(=O)O)S(=O)(=O)O. The number of nitrogens with zero attached hydrogens (tertiary/aromatic N) is 1. The zero-order valence-electron chi connectivity index (χ0n) is 11.0. The lowest BCUT2D eigenvalue weighted by Gasteiger charge is -2.16. The molecule has 8 nitrogen and oxygen atoms in total. The van der Waals surface area contributed by atoms with Crippen LogP contribution in [0.15, 0.2) is 51.0 Å². The molecule has 1 atom stereocenters. The molecule has 1 rings (SSSR count). The zero-order valence-corrected chi connectivity index (χ0v) is 12.6. The molecule has 116 valence electrons. The van der Waals surface area contributed by atoms with Gasteiger partial charge in [-0.25, -0.2) is 5.53 Å². The smallest absolute Gasteiger partial charge is 0.282 e. The van der Waals surface area contributed by atoms with E-state index >= 15 is 0 Å². The van der Waals surface area contributed by atoms with Crippen molar-refractivity contribution < 1.29 is 25.9 Å². The molecule has 3 N–H and O–H groups in total. The van der Waals surface area contributed by atoms with E-state index in [0.29, 0.717) is 0 Å². The van der Waals surface area contributed by atoms with E-state index in [-0.39, 0.29) is 21.9 Å². The first-order valence-electron chi connectivity index (χ1n) is 5.65. The maximum Gasteiger partial charge on any atom is 0.291 e. The van der Waals surface area contributed by atoms with Crippen molar-refractivity contribution in [3.8, 4) is 0 Å². The van der Waals surface area contributed by atoms with Crippen molar-refractivity contribution in [3.63, 3.8) is 0 Å². The van der Waals surface area contributed by atoms with Crippen LogP contribution in [0, 0.1) is 11.4 Å². The summed E-state index contributed by atoms with van der Waals surface area (Å²) in [5.41, 5.74) is 6.94. The number of nitrogens with one attached hydrogen (secondary N) is 1. The van der Waals surface area contributed by atoms with Gasteiger partial charge in [-0.05, 0) is 25.5 Å². The summed E-state index contributed by atoms with van der Waals surface area (Å²) in [6, 6.07) is 0. The molecule has 0 aromatic carbocycles. The van der Waals surface area contributed by atoms with Crippen LogP contribution in [0.1, 0.15) is 13.3 Å². The summed E-state index contributed by atoms with van der Waals surface area (Å²) in [5, 5.41) is 3.10. The third-order valence-corrected chi connectivity index (χ3v) is 4.71. The Bertz CT molecular complexity index is 757. The Labute approximate surface area is 122 Å². The van der Waals surface area contributed by atoms with E-state index < -0.39 is 26.2 Å². The van der Waals surface area contributed by atoms with E-state index in [2.05, 4.69) is 5.11 Å². The van der Waals surface area contributed by atoms with Crippen molar-refractivity contribution in [3.05, 3.63) is 45.9 Å². The van der Waals surface area contributed by atoms with Crippen LogP contribution in [0.4, 0.5) is 0 Å². The molecule has 0 heterocycles. The largest absolute Gasteiger partial charge is 0.291 e. The summed E-state index contributed by atoms with van der Waals surface area (Å²) in [6.45, 7) is 1.18. The van der Waals surface area contributed by atoms with E-state index in [0.717, 1.165) is 12.2 Å². The summed E-state index contributed by atoms with van der Waals surface area (Å²) in [4.78, 5) is -0.630. The van der Waals surface area contributed by atoms with Gasteiger partial charge in [-0.2, -0.15) is 21.9 Å². The van der Waals surface area contributed by atoms with Gasteiger partial charge in [0.15, 0.2) is 0 Å². The van der Waals surface area contributed by atoms with E-state index in [1.807, 2.05) is 0 Å². The standard InChI is InChI=1S/C11H14N2O6S2/c1-8(20(14,15)16)3-2-4-9-5-6-10(13-12)7-11(9)21(17,18)19/h2-4,6-7,9,12H,5H2,1H3,(H,14,15,16)(H,17,18,19)/b4-2-,8-3+,13-12?. The predicted octanol–water partition coefficient (Wildman–Crippen LogP) is 2.04. The second-order valence-electron chi connectivity index (χ2n) is 4.24. The highest BCUT2D eigenvalue weighted by Gasteiger charge is 2.25. The van der Waals surface area contributed by atoms with E-state index in [1.165, 1.54) is 25.2 Å². The fraction of sp³-hybridized carbons (Fsp3) is 0.273. The Morgan fingerprint density at radius 1 is 1.38 bits per heavy atom. The Morgan fingerprint density at radius 2 is 2.00 bits per heavy atom. The van der Waals surface area contributed by atoms with Gasteiger partial charge in [-0.15, -0.1) is 0 Å². The van der Waals surface area contributed by atoms with Crippen molar-refractivity contribution in [1.82, 2.24) is 0 Å². The number of hydrogen-bond donors (Lipinski definition) is 3. The fourth-order valence-corrected chi connectivity index (χ4v) is 2.68. The lowest BCUT2D eigenvalue weighted by molar-refractivity contribution is 0.484. The molecular weight excluding hydrogens is 320 g/mol. The molecule has 0 aliphatic heterocycles. The van der Waals surface area contributed by atoms with Crippen molar-refractivity contribution in [2.24, 2.45) is 11.0 Å². The third kappa shape index (κ3) is 5.01. The van der Waals surface area contributed by atoms with Gasteiger partial charge in [0, 0.05) is 5.92 Å². The van der Waals surface area contributed by atoms with Gasteiger partial charge in [0.1, 0.15) is 0 Å². The summed E-state index contributed by atoms with van der Waals surface area (Å²) < 4.78 is 62.0. The topological polar surface area (TPSA) is 145 Å². The normalized spacial score (nSPS) is 21.1. The van der Waals surface area contributed by atoms with Crippen LogP contribution in [0.25, 0.3) is 0 Å². The second-order valence-corrected chi connectivity index (χ2v) is 7.26. The predicted molar refractivity (Wildman–Crippen MR) is 75.4 cm³/mol. The van der Waals surface area contributed by atoms with Gasteiger partial charge in [-0.3, -0.25) is 9.11 Å². The van der Waals surface area contributed by atoms with Crippen LogP contribution in [0.5, 0.6) is 0 Å². The second kappa shape index (κ2) is 6.43. The highest BCUT2D eigenvalue weighted by atomic mass is 32.2. The molecule has 0 aromatic heterocycles. The molecule has 1 aliphatic carbocycles. The summed E-state index contributed by atoms with van der Waals surface area (Å²) in [5.74, 6) is -0.712. The van der Waals surface area contributed by atoms with Crippen molar-refractivity contribution >= 4 is 20.2 Å². The quantitative estimate of drug-likeness (QED) is 0.398. The van der Waals surface area contributed by atoms with Crippen molar-refractivity contribution in [1.29, 1.82) is 5.53 Å². The van der Waals surface area contributed by atoms with Crippen molar-refractivity contribution in [2.45, 2.75) is 13.3 Å². The van der Waals surface area contributed by atoms with E-state index in [9.17, 15) is 16.8 Å². The van der Waals surface area contributed by atoms with Crippen LogP contribution in [0.3, 0.4) is 0 Å². The highest BCUT2D eigenvalue weighted by Crippen LogP contribution is 2.29. The molecule has 1 unspecified atom stereocenters. The fourth-order valence-electron chi connectivity index (χ4n) is 1.60. The van der Waals surface area contributed by atoms with Crippen LogP contribution < -0.4 is 0 Å². The van der Waals surface area contributed by atoms with E-state index in [4.69, 9.17) is 14.6 Å². The van der Waals surface area contributed by atoms with Crippen molar-refractivity contribution in [2.75, 3.05) is 0 Å². The van der Waals surface area contributed by atoms with Gasteiger partial charge >= 0.3 is 0 Å². The van der Waals surface area contributed by atoms with Gasteiger partial charge in [0.05, 0.1) is 15.5 Å². The molecule has 0 aromatic rings. The number of hydrogen-bond acceptors (Lipinski definition) is 6. The average molecular weight is 334 g/mol. The summed E-state index contributed by atoms with van der Waals surface area (Å²) in [6.07, 6.45) is 6.49. The van der Waals surface area contributed by atoms with Gasteiger partial charge < -0.3 is 0 Å². The van der Waals surface area contributed by atoms with Gasteiger partial charge in [0.2, 0.25) is 0 Å². The van der Waals surface area contributed by atoms with Gasteiger partial charge in [0.25, 0.3) is 20.2 Å². The Balaban J connectivity index is 3.07. The first-order valence-corrected chi connectivity index (χ1v) is 8.53. The summed E-state index contributed by atoms with van der Waals surface area (Å²) in [7, 11) is -8.74. The number of allylic oxidation sites excluding steroid dienone is 7. The molecule has 0 saturated heterocycles. The zero-order chi connectivity index (χ0) is 16.3. The lowest BCUT2D eigenvalue weighted by Crippen LogP contribution is -2.14. The molecule has 0 fully saturated rings. The lowest BCUT2D eigenvalue weighted by atomic mass is 9.98. The molecule has 0 saturated carbocycles. The minimum Gasteiger partial charge on any atom is -0.282 e. The Hall–Kier alpha value is -1.62. The Kier molecular flexibility index (Phi) is 5.34. The molecule has 0 amide bonds. The van der Waals surface area contributed by atoms with Crippen LogP contribution >= 0.6 is 0 Å². The minimum absolute atomic E-state index is 0.108. The first-order chi connectivity index (χ1) is 9.55. The molecule has 21 heavy (non-hydrogen) atoms. The maximum absolute atomic E-state index is 11.3. The van der Waals surface area contributed by atoms with Crippen LogP contribution in [-0.2, 0) is 20.2 Å². The van der Waals surface area contributed by atoms with E-state index in [1.54, 1.807) is 0 Å². The van der Waals surface area contributed by atoms with Gasteiger partial charge in [-0.1, -0.05) is 18.2 Å². The third-order valence-electron chi connectivity index (χ3n) is 2.74.